The van der Waals surface area contributed by atoms with E-state index in [2.05, 4.69) is 15.2 Å². The van der Waals surface area contributed by atoms with Crippen LogP contribution in [-0.4, -0.2) is 24.3 Å². The monoisotopic (exact) mass is 221 g/mol. The fourth-order valence-electron chi connectivity index (χ4n) is 1.34. The first kappa shape index (κ1) is 10.3. The van der Waals surface area contributed by atoms with Crippen LogP contribution in [-0.2, 0) is 13.6 Å². The Morgan fingerprint density at radius 2 is 2.19 bits per heavy atom. The Morgan fingerprint density at radius 3 is 2.81 bits per heavy atom. The van der Waals surface area contributed by atoms with Gasteiger partial charge in [0.25, 0.3) is 5.56 Å². The molecule has 0 bridgehead atoms. The Morgan fingerprint density at radius 1 is 1.44 bits per heavy atom. The first-order valence-corrected chi connectivity index (χ1v) is 4.71. The summed E-state index contributed by atoms with van der Waals surface area (Å²) < 4.78 is 3.10. The number of aromatic nitrogens is 5. The van der Waals surface area contributed by atoms with Crippen LogP contribution in [0.5, 0.6) is 0 Å². The lowest BCUT2D eigenvalue weighted by molar-refractivity contribution is 0.652. The van der Waals surface area contributed by atoms with Crippen LogP contribution >= 0.6 is 0 Å². The Bertz CT molecular complexity index is 621. The van der Waals surface area contributed by atoms with Gasteiger partial charge >= 0.3 is 5.69 Å². The van der Waals surface area contributed by atoms with Gasteiger partial charge in [-0.3, -0.25) is 14.3 Å². The average Bonchev–Trinajstić information content (AvgIpc) is 2.61. The summed E-state index contributed by atoms with van der Waals surface area (Å²) in [5.41, 5.74) is -0.320. The third kappa shape index (κ3) is 1.79. The Hall–Kier alpha value is -2.18. The highest BCUT2D eigenvalue weighted by Crippen LogP contribution is 1.94. The molecule has 0 atom stereocenters. The molecular weight excluding hydrogens is 210 g/mol. The van der Waals surface area contributed by atoms with Gasteiger partial charge in [-0.25, -0.2) is 4.79 Å². The van der Waals surface area contributed by atoms with Crippen molar-refractivity contribution in [3.8, 4) is 0 Å². The molecule has 7 heteroatoms. The molecule has 0 aliphatic carbocycles. The predicted molar refractivity (Wildman–Crippen MR) is 56.2 cm³/mol. The zero-order chi connectivity index (χ0) is 11.7. The second-order valence-corrected chi connectivity index (χ2v) is 3.56. The van der Waals surface area contributed by atoms with Gasteiger partial charge < -0.3 is 4.57 Å². The molecule has 7 nitrogen and oxygen atoms in total. The summed E-state index contributed by atoms with van der Waals surface area (Å²) in [4.78, 5) is 24.9. The SMILES string of the molecule is Cc1cn(Cc2nncn2C)c(=O)[nH]c1=O. The molecule has 0 aliphatic rings. The van der Waals surface area contributed by atoms with Gasteiger partial charge in [0.2, 0.25) is 0 Å². The highest BCUT2D eigenvalue weighted by atomic mass is 16.2. The average molecular weight is 221 g/mol. The molecule has 0 amide bonds. The minimum Gasteiger partial charge on any atom is -0.319 e. The quantitative estimate of drug-likeness (QED) is 0.706. The van der Waals surface area contributed by atoms with Crippen LogP contribution in [0.4, 0.5) is 0 Å². The van der Waals surface area contributed by atoms with E-state index >= 15 is 0 Å². The fraction of sp³-hybridized carbons (Fsp3) is 0.333. The van der Waals surface area contributed by atoms with E-state index in [-0.39, 0.29) is 12.1 Å². The maximum absolute atomic E-state index is 11.5. The molecule has 84 valence electrons. The van der Waals surface area contributed by atoms with E-state index in [0.29, 0.717) is 11.4 Å². The van der Waals surface area contributed by atoms with E-state index < -0.39 is 5.69 Å². The molecule has 0 aliphatic heterocycles. The number of aryl methyl sites for hydroxylation is 2. The standard InChI is InChI=1S/C9H11N5O2/c1-6-3-14(9(16)11-8(6)15)4-7-12-10-5-13(7)2/h3,5H,4H2,1-2H3,(H,11,15,16). The topological polar surface area (TPSA) is 85.6 Å². The molecule has 0 unspecified atom stereocenters. The molecule has 0 saturated carbocycles. The number of nitrogens with zero attached hydrogens (tertiary/aromatic N) is 4. The van der Waals surface area contributed by atoms with Crippen LogP contribution in [0.2, 0.25) is 0 Å². The van der Waals surface area contributed by atoms with E-state index in [9.17, 15) is 9.59 Å². The number of hydrogen-bond acceptors (Lipinski definition) is 4. The number of nitrogens with one attached hydrogen (secondary N) is 1. The number of H-pyrrole nitrogens is 1. The van der Waals surface area contributed by atoms with Gasteiger partial charge in [-0.15, -0.1) is 10.2 Å². The molecule has 2 aromatic rings. The largest absolute Gasteiger partial charge is 0.328 e. The lowest BCUT2D eigenvalue weighted by Crippen LogP contribution is -2.31. The van der Waals surface area contributed by atoms with Gasteiger partial charge in [0.05, 0.1) is 6.54 Å². The molecule has 1 N–H and O–H groups in total. The molecule has 0 radical (unpaired) electrons. The van der Waals surface area contributed by atoms with E-state index in [1.54, 1.807) is 24.9 Å². The second kappa shape index (κ2) is 3.76. The third-order valence-corrected chi connectivity index (χ3v) is 2.31. The summed E-state index contributed by atoms with van der Waals surface area (Å²) >= 11 is 0. The summed E-state index contributed by atoms with van der Waals surface area (Å²) in [6.45, 7) is 1.93. The molecule has 2 aromatic heterocycles. The van der Waals surface area contributed by atoms with Crippen LogP contribution in [0.15, 0.2) is 22.1 Å². The smallest absolute Gasteiger partial charge is 0.319 e. The van der Waals surface area contributed by atoms with Crippen molar-refractivity contribution in [2.24, 2.45) is 7.05 Å². The molecular formula is C9H11N5O2. The summed E-state index contributed by atoms with van der Waals surface area (Å²) in [5.74, 6) is 0.647. The van der Waals surface area contributed by atoms with Crippen molar-refractivity contribution in [1.29, 1.82) is 0 Å². The fourth-order valence-corrected chi connectivity index (χ4v) is 1.34. The van der Waals surface area contributed by atoms with E-state index in [1.807, 2.05) is 0 Å². The Labute approximate surface area is 90.4 Å². The number of rotatable bonds is 2. The van der Waals surface area contributed by atoms with Gasteiger partial charge in [0, 0.05) is 18.8 Å². The van der Waals surface area contributed by atoms with E-state index in [4.69, 9.17) is 0 Å². The Kier molecular flexibility index (Phi) is 2.43. The molecule has 0 saturated heterocycles. The molecule has 0 aromatic carbocycles. The van der Waals surface area contributed by atoms with Crippen molar-refractivity contribution in [3.63, 3.8) is 0 Å². The van der Waals surface area contributed by atoms with Crippen molar-refractivity contribution in [2.75, 3.05) is 0 Å². The van der Waals surface area contributed by atoms with Crippen LogP contribution < -0.4 is 11.2 Å². The second-order valence-electron chi connectivity index (χ2n) is 3.56. The first-order chi connectivity index (χ1) is 7.58. The minimum absolute atomic E-state index is 0.285. The molecule has 0 fully saturated rings. The molecule has 0 spiro atoms. The zero-order valence-electron chi connectivity index (χ0n) is 8.97. The highest BCUT2D eigenvalue weighted by molar-refractivity contribution is 5.02. The lowest BCUT2D eigenvalue weighted by atomic mass is 10.4. The van der Waals surface area contributed by atoms with Gasteiger partial charge in [0.15, 0.2) is 5.82 Å². The predicted octanol–water partition coefficient (Wildman–Crippen LogP) is -0.978. The summed E-state index contributed by atoms with van der Waals surface area (Å²) in [5, 5.41) is 7.58. The first-order valence-electron chi connectivity index (χ1n) is 4.71. The van der Waals surface area contributed by atoms with Gasteiger partial charge in [-0.05, 0) is 6.92 Å². The van der Waals surface area contributed by atoms with Crippen molar-refractivity contribution >= 4 is 0 Å². The van der Waals surface area contributed by atoms with Gasteiger partial charge in [-0.2, -0.15) is 0 Å². The van der Waals surface area contributed by atoms with Gasteiger partial charge in [-0.1, -0.05) is 0 Å². The zero-order valence-corrected chi connectivity index (χ0v) is 8.97. The summed E-state index contributed by atoms with van der Waals surface area (Å²) in [6.07, 6.45) is 3.06. The van der Waals surface area contributed by atoms with Crippen molar-refractivity contribution < 1.29 is 0 Å². The van der Waals surface area contributed by atoms with Crippen molar-refractivity contribution in [2.45, 2.75) is 13.5 Å². The van der Waals surface area contributed by atoms with Gasteiger partial charge in [0.1, 0.15) is 6.33 Å². The van der Waals surface area contributed by atoms with Crippen LogP contribution in [0.3, 0.4) is 0 Å². The highest BCUT2D eigenvalue weighted by Gasteiger charge is 2.05. The van der Waals surface area contributed by atoms with Crippen LogP contribution in [0.1, 0.15) is 11.4 Å². The lowest BCUT2D eigenvalue weighted by Gasteiger charge is -2.04. The molecule has 2 heterocycles. The van der Waals surface area contributed by atoms with Crippen molar-refractivity contribution in [3.05, 3.63) is 44.8 Å². The normalized spacial score (nSPS) is 10.6. The summed E-state index contributed by atoms with van der Waals surface area (Å²) in [6, 6.07) is 0. The summed E-state index contributed by atoms with van der Waals surface area (Å²) in [7, 11) is 1.79. The van der Waals surface area contributed by atoms with Crippen LogP contribution in [0, 0.1) is 6.92 Å². The third-order valence-electron chi connectivity index (χ3n) is 2.31. The molecule has 16 heavy (non-hydrogen) atoms. The van der Waals surface area contributed by atoms with E-state index in [0.717, 1.165) is 0 Å². The van der Waals surface area contributed by atoms with Crippen LogP contribution in [0.25, 0.3) is 0 Å². The Balaban J connectivity index is 2.43. The van der Waals surface area contributed by atoms with E-state index in [1.165, 1.54) is 10.8 Å². The number of aromatic amines is 1. The maximum Gasteiger partial charge on any atom is 0.328 e. The maximum atomic E-state index is 11.5. The minimum atomic E-state index is -0.446. The molecule has 2 rings (SSSR count). The number of hydrogen-bond donors (Lipinski definition) is 1. The van der Waals surface area contributed by atoms with Crippen molar-refractivity contribution in [1.82, 2.24) is 24.3 Å².